The molecular weight excluding hydrogens is 232 g/mol. The third-order valence-electron chi connectivity index (χ3n) is 3.58. The molecule has 0 aliphatic rings. The lowest BCUT2D eigenvalue weighted by atomic mass is 10.1. The summed E-state index contributed by atoms with van der Waals surface area (Å²) in [7, 11) is 0. The van der Waals surface area contributed by atoms with Gasteiger partial charge in [-0.1, -0.05) is 70.4 Å². The van der Waals surface area contributed by atoms with Crippen LogP contribution in [0.5, 0.6) is 0 Å². The first-order valence-electron chi connectivity index (χ1n) is 8.50. The van der Waals surface area contributed by atoms with E-state index >= 15 is 0 Å². The third-order valence-corrected chi connectivity index (χ3v) is 3.58. The first kappa shape index (κ1) is 18.4. The summed E-state index contributed by atoms with van der Waals surface area (Å²) in [5.41, 5.74) is 0. The molecule has 0 N–H and O–H groups in total. The number of allylic oxidation sites excluding steroid dienone is 2. The number of rotatable bonds is 15. The van der Waals surface area contributed by atoms with Gasteiger partial charge < -0.3 is 4.79 Å². The van der Waals surface area contributed by atoms with Crippen LogP contribution in [0.15, 0.2) is 12.2 Å². The van der Waals surface area contributed by atoms with Gasteiger partial charge in [-0.15, -0.1) is 0 Å². The largest absolute Gasteiger partial charge is 0.303 e. The van der Waals surface area contributed by atoms with Crippen molar-refractivity contribution in [3.8, 4) is 0 Å². The molecule has 0 aromatic rings. The molecule has 1 heteroatoms. The number of unbranched alkanes of at least 4 members (excludes halogenated alkanes) is 12. The summed E-state index contributed by atoms with van der Waals surface area (Å²) >= 11 is 0. The lowest BCUT2D eigenvalue weighted by Crippen LogP contribution is -1.80. The Labute approximate surface area is 120 Å². The average Bonchev–Trinajstić information content (AvgIpc) is 2.43. The summed E-state index contributed by atoms with van der Waals surface area (Å²) in [6, 6.07) is 0. The molecule has 1 nitrogen and oxygen atoms in total. The van der Waals surface area contributed by atoms with E-state index in [4.69, 9.17) is 0 Å². The molecule has 0 aliphatic carbocycles. The molecule has 0 spiro atoms. The molecule has 0 heterocycles. The maximum atomic E-state index is 10.1. The molecule has 0 amide bonds. The molecule has 0 atom stereocenters. The molecule has 0 bridgehead atoms. The first-order chi connectivity index (χ1) is 9.41. The van der Waals surface area contributed by atoms with Crippen molar-refractivity contribution >= 4 is 6.29 Å². The Balaban J connectivity index is 3.02. The normalized spacial score (nSPS) is 11.2. The fraction of sp³-hybridized carbons (Fsp3) is 0.833. The summed E-state index contributed by atoms with van der Waals surface area (Å²) in [5.74, 6) is 0. The molecule has 0 aromatic carbocycles. The highest BCUT2D eigenvalue weighted by atomic mass is 16.1. The standard InChI is InChI=1S/C18H34O/c1-2-3-4-5-6-7-8-9-10-11-12-13-14-15-16-17-18-19/h11-12,18H,2-10,13-17H2,1H3. The molecule has 0 aromatic heterocycles. The topological polar surface area (TPSA) is 17.1 Å². The predicted molar refractivity (Wildman–Crippen MR) is 85.5 cm³/mol. The summed E-state index contributed by atoms with van der Waals surface area (Å²) in [6.07, 6.45) is 23.6. The highest BCUT2D eigenvalue weighted by Gasteiger charge is 1.90. The minimum Gasteiger partial charge on any atom is -0.303 e. The molecule has 112 valence electrons. The van der Waals surface area contributed by atoms with E-state index < -0.39 is 0 Å². The number of hydrogen-bond acceptors (Lipinski definition) is 1. The summed E-state index contributed by atoms with van der Waals surface area (Å²) in [6.45, 7) is 2.27. The van der Waals surface area contributed by atoms with E-state index in [1.807, 2.05) is 0 Å². The monoisotopic (exact) mass is 266 g/mol. The summed E-state index contributed by atoms with van der Waals surface area (Å²) in [5, 5.41) is 0. The van der Waals surface area contributed by atoms with Crippen molar-refractivity contribution < 1.29 is 4.79 Å². The van der Waals surface area contributed by atoms with Gasteiger partial charge in [-0.05, 0) is 32.1 Å². The first-order valence-corrected chi connectivity index (χ1v) is 8.50. The van der Waals surface area contributed by atoms with Gasteiger partial charge in [0.15, 0.2) is 0 Å². The van der Waals surface area contributed by atoms with E-state index in [0.29, 0.717) is 0 Å². The zero-order valence-corrected chi connectivity index (χ0v) is 13.0. The van der Waals surface area contributed by atoms with Crippen LogP contribution < -0.4 is 0 Å². The molecule has 0 fully saturated rings. The van der Waals surface area contributed by atoms with Crippen LogP contribution in [-0.4, -0.2) is 6.29 Å². The van der Waals surface area contributed by atoms with Gasteiger partial charge in [0.1, 0.15) is 6.29 Å². The van der Waals surface area contributed by atoms with Crippen LogP contribution in [0.3, 0.4) is 0 Å². The van der Waals surface area contributed by atoms with Crippen LogP contribution >= 0.6 is 0 Å². The van der Waals surface area contributed by atoms with Crippen molar-refractivity contribution in [1.29, 1.82) is 0 Å². The highest BCUT2D eigenvalue weighted by molar-refractivity contribution is 5.48. The van der Waals surface area contributed by atoms with E-state index in [9.17, 15) is 4.79 Å². The van der Waals surface area contributed by atoms with Gasteiger partial charge in [-0.2, -0.15) is 0 Å². The molecule has 0 unspecified atom stereocenters. The second kappa shape index (κ2) is 17.4. The SMILES string of the molecule is CCCCCCCCCCC=CCCCCCC=O. The van der Waals surface area contributed by atoms with Gasteiger partial charge >= 0.3 is 0 Å². The average molecular weight is 266 g/mol. The van der Waals surface area contributed by atoms with E-state index in [0.717, 1.165) is 19.1 Å². The van der Waals surface area contributed by atoms with Gasteiger partial charge in [0.05, 0.1) is 0 Å². The molecule has 0 saturated heterocycles. The van der Waals surface area contributed by atoms with Crippen molar-refractivity contribution in [1.82, 2.24) is 0 Å². The van der Waals surface area contributed by atoms with Crippen molar-refractivity contribution in [2.45, 2.75) is 96.8 Å². The Morgan fingerprint density at radius 2 is 1.00 bits per heavy atom. The third kappa shape index (κ3) is 17.4. The Morgan fingerprint density at radius 1 is 0.579 bits per heavy atom. The second-order valence-corrected chi connectivity index (χ2v) is 5.54. The lowest BCUT2D eigenvalue weighted by molar-refractivity contribution is -0.107. The van der Waals surface area contributed by atoms with Gasteiger partial charge in [0.25, 0.3) is 0 Å². The van der Waals surface area contributed by atoms with Gasteiger partial charge in [0.2, 0.25) is 0 Å². The summed E-state index contributed by atoms with van der Waals surface area (Å²) < 4.78 is 0. The van der Waals surface area contributed by atoms with Crippen LogP contribution in [0.1, 0.15) is 96.8 Å². The van der Waals surface area contributed by atoms with E-state index in [1.165, 1.54) is 77.0 Å². The van der Waals surface area contributed by atoms with E-state index in [1.54, 1.807) is 0 Å². The Bertz CT molecular complexity index is 196. The van der Waals surface area contributed by atoms with Gasteiger partial charge in [0, 0.05) is 6.42 Å². The fourth-order valence-electron chi connectivity index (χ4n) is 2.30. The van der Waals surface area contributed by atoms with Crippen LogP contribution in [0.2, 0.25) is 0 Å². The zero-order chi connectivity index (χ0) is 14.0. The van der Waals surface area contributed by atoms with Crippen LogP contribution in [0.4, 0.5) is 0 Å². The van der Waals surface area contributed by atoms with E-state index in [2.05, 4.69) is 19.1 Å². The quantitative estimate of drug-likeness (QED) is 0.195. The number of aldehydes is 1. The maximum Gasteiger partial charge on any atom is 0.119 e. The second-order valence-electron chi connectivity index (χ2n) is 5.54. The molecule has 0 aliphatic heterocycles. The summed E-state index contributed by atoms with van der Waals surface area (Å²) in [4.78, 5) is 10.1. The minimum atomic E-state index is 0.738. The Morgan fingerprint density at radius 3 is 1.53 bits per heavy atom. The van der Waals surface area contributed by atoms with Gasteiger partial charge in [-0.3, -0.25) is 0 Å². The lowest BCUT2D eigenvalue weighted by Gasteiger charge is -1.99. The van der Waals surface area contributed by atoms with Crippen LogP contribution in [-0.2, 0) is 4.79 Å². The van der Waals surface area contributed by atoms with Crippen molar-refractivity contribution in [3.05, 3.63) is 12.2 Å². The number of carbonyl (C=O) groups is 1. The predicted octanol–water partition coefficient (Wildman–Crippen LogP) is 6.22. The number of carbonyl (C=O) groups excluding carboxylic acids is 1. The zero-order valence-electron chi connectivity index (χ0n) is 13.0. The Kier molecular flexibility index (Phi) is 16.9. The fourth-order valence-corrected chi connectivity index (χ4v) is 2.30. The van der Waals surface area contributed by atoms with E-state index in [-0.39, 0.29) is 0 Å². The maximum absolute atomic E-state index is 10.1. The van der Waals surface area contributed by atoms with Crippen molar-refractivity contribution in [2.75, 3.05) is 0 Å². The molecule has 0 rings (SSSR count). The Hall–Kier alpha value is -0.590. The van der Waals surface area contributed by atoms with Crippen molar-refractivity contribution in [3.63, 3.8) is 0 Å². The highest BCUT2D eigenvalue weighted by Crippen LogP contribution is 2.10. The number of hydrogen-bond donors (Lipinski definition) is 0. The molecular formula is C18H34O. The van der Waals surface area contributed by atoms with Gasteiger partial charge in [-0.25, -0.2) is 0 Å². The van der Waals surface area contributed by atoms with Crippen LogP contribution in [0, 0.1) is 0 Å². The molecule has 0 saturated carbocycles. The molecule has 0 radical (unpaired) electrons. The van der Waals surface area contributed by atoms with Crippen molar-refractivity contribution in [2.24, 2.45) is 0 Å². The smallest absolute Gasteiger partial charge is 0.119 e. The minimum absolute atomic E-state index is 0.738. The molecule has 19 heavy (non-hydrogen) atoms. The van der Waals surface area contributed by atoms with Crippen LogP contribution in [0.25, 0.3) is 0 Å².